The van der Waals surface area contributed by atoms with Crippen LogP contribution in [0.4, 0.5) is 0 Å². The third kappa shape index (κ3) is 3.72. The van der Waals surface area contributed by atoms with E-state index in [2.05, 4.69) is 17.3 Å². The van der Waals surface area contributed by atoms with E-state index in [0.29, 0.717) is 23.4 Å². The number of ether oxygens (including phenoxy) is 1. The molecule has 0 bridgehead atoms. The maximum Gasteiger partial charge on any atom is 0.339 e. The number of nitrogens with zero attached hydrogens (tertiary/aromatic N) is 2. The maximum absolute atomic E-state index is 13.1. The summed E-state index contributed by atoms with van der Waals surface area (Å²) in [6.45, 7) is 9.75. The molecule has 2 aliphatic heterocycles. The molecule has 0 aliphatic carbocycles. The smallest absolute Gasteiger partial charge is 0.339 e. The van der Waals surface area contributed by atoms with E-state index in [1.807, 2.05) is 24.0 Å². The van der Waals surface area contributed by atoms with Gasteiger partial charge in [0.2, 0.25) is 0 Å². The number of amides is 1. The Balaban J connectivity index is 1.49. The van der Waals surface area contributed by atoms with Gasteiger partial charge in [-0.3, -0.25) is 9.69 Å². The molecular formula is C23H31N3O4. The number of carbonyl (C=O) groups excluding carboxylic acids is 1. The van der Waals surface area contributed by atoms with E-state index >= 15 is 0 Å². The molecule has 1 aromatic carbocycles. The summed E-state index contributed by atoms with van der Waals surface area (Å²) in [5, 5.41) is 4.30. The molecule has 7 nitrogen and oxygen atoms in total. The van der Waals surface area contributed by atoms with Gasteiger partial charge in [0, 0.05) is 42.2 Å². The van der Waals surface area contributed by atoms with E-state index < -0.39 is 6.10 Å². The predicted octanol–water partition coefficient (Wildman–Crippen LogP) is 2.07. The van der Waals surface area contributed by atoms with Crippen LogP contribution in [0.15, 0.2) is 27.4 Å². The fourth-order valence-corrected chi connectivity index (χ4v) is 4.70. The number of aryl methyl sites for hydroxylation is 1. The molecule has 0 radical (unpaired) electrons. The molecule has 1 N–H and O–H groups in total. The van der Waals surface area contributed by atoms with Crippen molar-refractivity contribution in [2.24, 2.45) is 0 Å². The van der Waals surface area contributed by atoms with E-state index in [1.165, 1.54) is 0 Å². The number of likely N-dealkylation sites (N-methyl/N-ethyl adjacent to an activating group) is 1. The Labute approximate surface area is 177 Å². The lowest BCUT2D eigenvalue weighted by Crippen LogP contribution is -2.65. The highest BCUT2D eigenvalue weighted by atomic mass is 16.5. The summed E-state index contributed by atoms with van der Waals surface area (Å²) in [7, 11) is 2.17. The van der Waals surface area contributed by atoms with Gasteiger partial charge in [-0.2, -0.15) is 0 Å². The number of rotatable bonds is 3. The number of fused-ring (bicyclic) bond motifs is 1. The van der Waals surface area contributed by atoms with Gasteiger partial charge in [0.15, 0.2) is 6.10 Å². The monoisotopic (exact) mass is 413 g/mol. The molecule has 2 aliphatic rings. The maximum atomic E-state index is 13.1. The van der Waals surface area contributed by atoms with Gasteiger partial charge in [0.05, 0.1) is 0 Å². The second-order valence-electron chi connectivity index (χ2n) is 8.71. The Morgan fingerprint density at radius 3 is 2.67 bits per heavy atom. The van der Waals surface area contributed by atoms with Crippen molar-refractivity contribution in [3.05, 3.63) is 39.7 Å². The summed E-state index contributed by atoms with van der Waals surface area (Å²) in [5.74, 6) is 0.531. The molecule has 2 fully saturated rings. The normalized spacial score (nSPS) is 20.5. The van der Waals surface area contributed by atoms with Crippen molar-refractivity contribution in [2.75, 3.05) is 39.8 Å². The molecule has 1 unspecified atom stereocenters. The molecule has 0 saturated carbocycles. The molecule has 1 aromatic heterocycles. The quantitative estimate of drug-likeness (QED) is 0.777. The van der Waals surface area contributed by atoms with Gasteiger partial charge in [-0.25, -0.2) is 4.79 Å². The van der Waals surface area contributed by atoms with E-state index in [4.69, 9.17) is 9.15 Å². The van der Waals surface area contributed by atoms with Gasteiger partial charge >= 0.3 is 5.63 Å². The van der Waals surface area contributed by atoms with Crippen molar-refractivity contribution in [2.45, 2.75) is 45.3 Å². The summed E-state index contributed by atoms with van der Waals surface area (Å²) in [6, 6.07) is 5.41. The van der Waals surface area contributed by atoms with E-state index in [-0.39, 0.29) is 17.1 Å². The van der Waals surface area contributed by atoms with Gasteiger partial charge in [0.1, 0.15) is 11.3 Å². The molecular weight excluding hydrogens is 382 g/mol. The van der Waals surface area contributed by atoms with Crippen LogP contribution in [0.2, 0.25) is 0 Å². The number of nitrogens with one attached hydrogen (secondary N) is 1. The standard InChI is InChI=1S/C23H31N3O4/c1-15-16(2)22(28)30-20-13-18(5-6-19(15)20)29-17(3)21(27)26-12-11-25(4)23(14-26)7-9-24-10-8-23/h5-6,13,17,24H,7-12,14H2,1-4H3. The molecule has 2 aromatic rings. The van der Waals surface area contributed by atoms with E-state index in [1.54, 1.807) is 19.9 Å². The van der Waals surface area contributed by atoms with Crippen LogP contribution in [0.5, 0.6) is 5.75 Å². The van der Waals surface area contributed by atoms with E-state index in [9.17, 15) is 9.59 Å². The van der Waals surface area contributed by atoms with Crippen LogP contribution in [0.3, 0.4) is 0 Å². The fourth-order valence-electron chi connectivity index (χ4n) is 4.70. The highest BCUT2D eigenvalue weighted by Crippen LogP contribution is 2.30. The highest BCUT2D eigenvalue weighted by molar-refractivity contribution is 5.83. The van der Waals surface area contributed by atoms with Crippen molar-refractivity contribution in [3.63, 3.8) is 0 Å². The molecule has 30 heavy (non-hydrogen) atoms. The average Bonchev–Trinajstić information content (AvgIpc) is 2.74. The topological polar surface area (TPSA) is 75.0 Å². The number of piperazine rings is 1. The number of hydrogen-bond donors (Lipinski definition) is 1. The molecule has 3 heterocycles. The lowest BCUT2D eigenvalue weighted by molar-refractivity contribution is -0.144. The first-order chi connectivity index (χ1) is 14.3. The lowest BCUT2D eigenvalue weighted by Gasteiger charge is -2.51. The first-order valence-electron chi connectivity index (χ1n) is 10.7. The average molecular weight is 414 g/mol. The van der Waals surface area contributed by atoms with Crippen LogP contribution in [-0.4, -0.2) is 67.1 Å². The Morgan fingerprint density at radius 2 is 1.93 bits per heavy atom. The Hall–Kier alpha value is -2.38. The summed E-state index contributed by atoms with van der Waals surface area (Å²) < 4.78 is 11.4. The third-order valence-corrected chi connectivity index (χ3v) is 6.94. The van der Waals surface area contributed by atoms with Gasteiger partial charge < -0.3 is 19.4 Å². The number of hydrogen-bond acceptors (Lipinski definition) is 6. The van der Waals surface area contributed by atoms with Crippen molar-refractivity contribution < 1.29 is 13.9 Å². The summed E-state index contributed by atoms with van der Waals surface area (Å²) in [6.07, 6.45) is 1.48. The molecule has 1 spiro atoms. The zero-order valence-electron chi connectivity index (χ0n) is 18.3. The van der Waals surface area contributed by atoms with E-state index in [0.717, 1.165) is 50.0 Å². The summed E-state index contributed by atoms with van der Waals surface area (Å²) >= 11 is 0. The summed E-state index contributed by atoms with van der Waals surface area (Å²) in [4.78, 5) is 29.5. The number of piperidine rings is 1. The Bertz CT molecular complexity index is 1010. The second-order valence-corrected chi connectivity index (χ2v) is 8.71. The van der Waals surface area contributed by atoms with Crippen LogP contribution >= 0.6 is 0 Å². The largest absolute Gasteiger partial charge is 0.481 e. The van der Waals surface area contributed by atoms with Gasteiger partial charge in [0.25, 0.3) is 5.91 Å². The Morgan fingerprint density at radius 1 is 1.20 bits per heavy atom. The minimum Gasteiger partial charge on any atom is -0.481 e. The molecule has 2 saturated heterocycles. The van der Waals surface area contributed by atoms with Gasteiger partial charge in [-0.05, 0) is 71.4 Å². The number of benzene rings is 1. The second kappa shape index (κ2) is 8.04. The predicted molar refractivity (Wildman–Crippen MR) is 116 cm³/mol. The molecule has 4 rings (SSSR count). The van der Waals surface area contributed by atoms with Gasteiger partial charge in [-0.1, -0.05) is 0 Å². The Kier molecular flexibility index (Phi) is 5.59. The third-order valence-electron chi connectivity index (χ3n) is 6.94. The SMILES string of the molecule is Cc1c(C)c2ccc(OC(C)C(=O)N3CCN(C)C4(CCNCC4)C3)cc2oc1=O. The number of carbonyl (C=O) groups is 1. The fraction of sp³-hybridized carbons (Fsp3) is 0.565. The van der Waals surface area contributed by atoms with Crippen molar-refractivity contribution >= 4 is 16.9 Å². The zero-order chi connectivity index (χ0) is 21.5. The first-order valence-corrected chi connectivity index (χ1v) is 10.7. The van der Waals surface area contributed by atoms with Crippen molar-refractivity contribution in [3.8, 4) is 5.75 Å². The van der Waals surface area contributed by atoms with Crippen LogP contribution < -0.4 is 15.7 Å². The molecule has 1 atom stereocenters. The minimum absolute atomic E-state index is 0.00245. The molecule has 7 heteroatoms. The summed E-state index contributed by atoms with van der Waals surface area (Å²) in [5.41, 5.74) is 1.71. The van der Waals surface area contributed by atoms with Gasteiger partial charge in [-0.15, -0.1) is 0 Å². The minimum atomic E-state index is -0.608. The van der Waals surface area contributed by atoms with Crippen LogP contribution in [0.1, 0.15) is 30.9 Å². The van der Waals surface area contributed by atoms with Crippen LogP contribution in [-0.2, 0) is 4.79 Å². The lowest BCUT2D eigenvalue weighted by atomic mass is 9.84. The highest BCUT2D eigenvalue weighted by Gasteiger charge is 2.42. The van der Waals surface area contributed by atoms with Crippen LogP contribution in [0, 0.1) is 13.8 Å². The molecule has 1 amide bonds. The first kappa shape index (κ1) is 20.9. The molecule has 162 valence electrons. The zero-order valence-corrected chi connectivity index (χ0v) is 18.3. The van der Waals surface area contributed by atoms with Crippen molar-refractivity contribution in [1.29, 1.82) is 0 Å². The van der Waals surface area contributed by atoms with Crippen LogP contribution in [0.25, 0.3) is 11.0 Å². The van der Waals surface area contributed by atoms with Crippen molar-refractivity contribution in [1.82, 2.24) is 15.1 Å².